The Hall–Kier alpha value is -3.34. The summed E-state index contributed by atoms with van der Waals surface area (Å²) in [5.41, 5.74) is 0.995. The van der Waals surface area contributed by atoms with Gasteiger partial charge in [0, 0.05) is 17.6 Å². The van der Waals surface area contributed by atoms with Crippen LogP contribution in [0.4, 0.5) is 0 Å². The molecule has 9 atom stereocenters. The van der Waals surface area contributed by atoms with Gasteiger partial charge in [0.1, 0.15) is 36.3 Å². The van der Waals surface area contributed by atoms with Crippen molar-refractivity contribution in [3.8, 4) is 5.75 Å². The number of ether oxygens (including phenoxy) is 5. The molecular weight excluding hydrogens is 548 g/mol. The van der Waals surface area contributed by atoms with Crippen LogP contribution in [0.1, 0.15) is 11.1 Å². The van der Waals surface area contributed by atoms with E-state index in [-0.39, 0.29) is 22.5 Å². The van der Waals surface area contributed by atoms with Gasteiger partial charge in [0.2, 0.25) is 6.29 Å². The topological polar surface area (TPSA) is 222 Å². The van der Waals surface area contributed by atoms with Crippen molar-refractivity contribution in [3.05, 3.63) is 58.9 Å². The van der Waals surface area contributed by atoms with E-state index in [1.54, 1.807) is 0 Å². The summed E-state index contributed by atoms with van der Waals surface area (Å²) in [6, 6.07) is 4.36. The van der Waals surface area contributed by atoms with Gasteiger partial charge in [-0.3, -0.25) is 0 Å². The fraction of sp³-hybridized carbons (Fsp3) is 0.481. The number of benzene rings is 1. The number of aliphatic hydroxyl groups is 6. The summed E-state index contributed by atoms with van der Waals surface area (Å²) in [5, 5.41) is 69.2. The Kier molecular flexibility index (Phi) is 9.78. The largest absolute Gasteiger partial charge is 0.508 e. The predicted octanol–water partition coefficient (Wildman–Crippen LogP) is -1.80. The van der Waals surface area contributed by atoms with Crippen LogP contribution in [0.3, 0.4) is 0 Å². The van der Waals surface area contributed by atoms with E-state index in [1.807, 2.05) is 0 Å². The van der Waals surface area contributed by atoms with Crippen LogP contribution in [-0.2, 0) is 39.9 Å². The fourth-order valence-electron chi connectivity index (χ4n) is 5.05. The lowest BCUT2D eigenvalue weighted by Crippen LogP contribution is -2.60. The molecule has 0 bridgehead atoms. The van der Waals surface area contributed by atoms with E-state index in [0.717, 1.165) is 19.4 Å². The smallest absolute Gasteiger partial charge is 0.337 e. The van der Waals surface area contributed by atoms with Gasteiger partial charge in [-0.25, -0.2) is 9.59 Å². The van der Waals surface area contributed by atoms with E-state index in [1.165, 1.54) is 30.4 Å². The number of methoxy groups -OCH3 is 1. The molecule has 2 aliphatic heterocycles. The minimum Gasteiger partial charge on any atom is -0.508 e. The lowest BCUT2D eigenvalue weighted by atomic mass is 9.82. The van der Waals surface area contributed by atoms with E-state index < -0.39 is 86.7 Å². The van der Waals surface area contributed by atoms with Crippen molar-refractivity contribution < 1.29 is 69.0 Å². The Bertz CT molecular complexity index is 1210. The summed E-state index contributed by atoms with van der Waals surface area (Å²) in [4.78, 5) is 25.4. The zero-order valence-electron chi connectivity index (χ0n) is 21.8. The molecule has 2 heterocycles. The van der Waals surface area contributed by atoms with Crippen molar-refractivity contribution in [2.24, 2.45) is 11.8 Å². The molecule has 0 amide bonds. The Labute approximate surface area is 233 Å². The number of hydrogen-bond donors (Lipinski definition) is 7. The maximum absolute atomic E-state index is 12.8. The molecule has 7 N–H and O–H groups in total. The second-order valence-electron chi connectivity index (χ2n) is 9.63. The van der Waals surface area contributed by atoms with E-state index in [9.17, 15) is 45.3 Å². The molecule has 0 radical (unpaired) electrons. The normalized spacial score (nSPS) is 33.0. The Morgan fingerprint density at radius 2 is 1.76 bits per heavy atom. The first-order valence-corrected chi connectivity index (χ1v) is 12.7. The molecule has 1 aromatic carbocycles. The molecule has 1 aromatic rings. The standard InChI is InChI=1S/C27H32O14/c1-37-25(36)15-11-38-26(41-27-24(35)23(34)22(33)18(10-30)40-27)20-14(9-29)7-17(21(15)20)39-19(32)5-3-12-2-4-16(31)13(6-12)8-28/h2-7,11,17-18,20-24,26-31,33-35H,8-10H2,1H3/b5-3-/t17-,18-,20-,21+,22-,23+,24-,26+,27+/m1/s1. The third kappa shape index (κ3) is 6.29. The number of phenols is 1. The highest BCUT2D eigenvalue weighted by atomic mass is 16.8. The molecular formula is C27H32O14. The predicted molar refractivity (Wildman–Crippen MR) is 135 cm³/mol. The molecule has 1 aliphatic carbocycles. The summed E-state index contributed by atoms with van der Waals surface area (Å²) < 4.78 is 27.2. The quantitative estimate of drug-likeness (QED) is 0.0974. The van der Waals surface area contributed by atoms with Gasteiger partial charge in [-0.15, -0.1) is 0 Å². The number of aromatic hydroxyl groups is 1. The number of hydrogen-bond acceptors (Lipinski definition) is 14. The number of rotatable bonds is 9. The van der Waals surface area contributed by atoms with Crippen LogP contribution in [0.15, 0.2) is 47.8 Å². The van der Waals surface area contributed by atoms with E-state index in [2.05, 4.69) is 0 Å². The number of fused-ring (bicyclic) bond motifs is 1. The summed E-state index contributed by atoms with van der Waals surface area (Å²) in [6.45, 7) is -1.64. The van der Waals surface area contributed by atoms with Crippen LogP contribution < -0.4 is 0 Å². The maximum Gasteiger partial charge on any atom is 0.337 e. The first kappa shape index (κ1) is 30.6. The van der Waals surface area contributed by atoms with Crippen molar-refractivity contribution in [1.82, 2.24) is 0 Å². The van der Waals surface area contributed by atoms with Gasteiger partial charge in [-0.1, -0.05) is 6.07 Å². The molecule has 0 saturated carbocycles. The third-order valence-corrected chi connectivity index (χ3v) is 7.19. The molecule has 1 saturated heterocycles. The second kappa shape index (κ2) is 13.1. The van der Waals surface area contributed by atoms with Gasteiger partial charge in [0.15, 0.2) is 6.29 Å². The Morgan fingerprint density at radius 1 is 1.00 bits per heavy atom. The minimum absolute atomic E-state index is 0.0289. The number of esters is 2. The molecule has 0 unspecified atom stereocenters. The number of carbonyl (C=O) groups is 2. The molecule has 3 aliphatic rings. The molecule has 4 rings (SSSR count). The van der Waals surface area contributed by atoms with Gasteiger partial charge in [0.05, 0.1) is 44.7 Å². The molecule has 14 nitrogen and oxygen atoms in total. The summed E-state index contributed by atoms with van der Waals surface area (Å²) in [5.74, 6) is -3.62. The van der Waals surface area contributed by atoms with Crippen molar-refractivity contribution in [2.75, 3.05) is 20.3 Å². The van der Waals surface area contributed by atoms with Gasteiger partial charge < -0.3 is 59.4 Å². The molecule has 1 fully saturated rings. The second-order valence-corrected chi connectivity index (χ2v) is 9.63. The highest BCUT2D eigenvalue weighted by Crippen LogP contribution is 2.45. The number of aliphatic hydroxyl groups excluding tert-OH is 6. The van der Waals surface area contributed by atoms with Crippen LogP contribution in [0.2, 0.25) is 0 Å². The van der Waals surface area contributed by atoms with Crippen molar-refractivity contribution in [1.29, 1.82) is 0 Å². The summed E-state index contributed by atoms with van der Waals surface area (Å²) in [6.07, 6.45) is -5.36. The van der Waals surface area contributed by atoms with Crippen LogP contribution in [-0.4, -0.2) is 111 Å². The van der Waals surface area contributed by atoms with Crippen LogP contribution in [0, 0.1) is 11.8 Å². The zero-order valence-corrected chi connectivity index (χ0v) is 21.8. The molecule has 41 heavy (non-hydrogen) atoms. The Balaban J connectivity index is 1.56. The maximum atomic E-state index is 12.8. The van der Waals surface area contributed by atoms with Gasteiger partial charge in [-0.05, 0) is 35.4 Å². The molecule has 0 aromatic heterocycles. The first-order valence-electron chi connectivity index (χ1n) is 12.7. The van der Waals surface area contributed by atoms with Crippen molar-refractivity contribution in [3.63, 3.8) is 0 Å². The summed E-state index contributed by atoms with van der Waals surface area (Å²) in [7, 11) is 1.14. The monoisotopic (exact) mass is 580 g/mol. The highest BCUT2D eigenvalue weighted by Gasteiger charge is 2.53. The lowest BCUT2D eigenvalue weighted by molar-refractivity contribution is -0.340. The molecule has 224 valence electrons. The third-order valence-electron chi connectivity index (χ3n) is 7.19. The van der Waals surface area contributed by atoms with E-state index in [0.29, 0.717) is 5.56 Å². The van der Waals surface area contributed by atoms with Crippen LogP contribution in [0.5, 0.6) is 5.75 Å². The van der Waals surface area contributed by atoms with Gasteiger partial charge >= 0.3 is 11.9 Å². The zero-order chi connectivity index (χ0) is 29.8. The molecule has 0 spiro atoms. The minimum atomic E-state index is -1.74. The Morgan fingerprint density at radius 3 is 2.41 bits per heavy atom. The molecule has 14 heteroatoms. The van der Waals surface area contributed by atoms with E-state index in [4.69, 9.17) is 23.7 Å². The fourth-order valence-corrected chi connectivity index (χ4v) is 5.05. The van der Waals surface area contributed by atoms with Gasteiger partial charge in [0.25, 0.3) is 0 Å². The van der Waals surface area contributed by atoms with Crippen LogP contribution in [0.25, 0.3) is 6.08 Å². The average Bonchev–Trinajstić information content (AvgIpc) is 3.35. The van der Waals surface area contributed by atoms with Crippen molar-refractivity contribution in [2.45, 2.75) is 49.7 Å². The van der Waals surface area contributed by atoms with Crippen LogP contribution >= 0.6 is 0 Å². The first-order chi connectivity index (χ1) is 19.6. The van der Waals surface area contributed by atoms with E-state index >= 15 is 0 Å². The highest BCUT2D eigenvalue weighted by molar-refractivity contribution is 5.90. The summed E-state index contributed by atoms with van der Waals surface area (Å²) >= 11 is 0. The number of carbonyl (C=O) groups excluding carboxylic acids is 2. The SMILES string of the molecule is COC(=O)C1=CO[C@@H](O[C@@H]2O[C@H](CO)[C@@H](O)[C@H](O)[C@H]2O)[C@@H]2C(CO)=C[C@@H](OC(=O)/C=C\c3ccc(O)c(CO)c3)[C@H]12. The average molecular weight is 581 g/mol. The lowest BCUT2D eigenvalue weighted by Gasteiger charge is -2.43. The van der Waals surface area contributed by atoms with Crippen molar-refractivity contribution >= 4 is 18.0 Å². The van der Waals surface area contributed by atoms with Gasteiger partial charge in [-0.2, -0.15) is 0 Å².